The zero-order chi connectivity index (χ0) is 11.5. The molecule has 0 heterocycles. The summed E-state index contributed by atoms with van der Waals surface area (Å²) < 4.78 is 6.28. The van der Waals surface area contributed by atoms with E-state index < -0.39 is 0 Å². The zero-order valence-electron chi connectivity index (χ0n) is 9.42. The summed E-state index contributed by atoms with van der Waals surface area (Å²) in [4.78, 5) is 4.89. The molecule has 1 aromatic carbocycles. The molecule has 2 rings (SSSR count). The molecule has 0 saturated carbocycles. The number of aryl methyl sites for hydroxylation is 1. The van der Waals surface area contributed by atoms with Crippen molar-refractivity contribution in [2.75, 3.05) is 14.2 Å². The number of oxime groups is 1. The number of fused-ring (bicyclic) bond motifs is 1. The second kappa shape index (κ2) is 4.87. The molecule has 1 aliphatic carbocycles. The minimum absolute atomic E-state index is 0.879. The van der Waals surface area contributed by atoms with Crippen molar-refractivity contribution in [1.29, 1.82) is 0 Å². The van der Waals surface area contributed by atoms with Crippen LogP contribution in [-0.4, -0.2) is 19.9 Å². The van der Waals surface area contributed by atoms with E-state index >= 15 is 0 Å². The van der Waals surface area contributed by atoms with Crippen molar-refractivity contribution in [3.63, 3.8) is 0 Å². The predicted molar refractivity (Wildman–Crippen MR) is 67.2 cm³/mol. The van der Waals surface area contributed by atoms with Crippen molar-refractivity contribution in [3.05, 3.63) is 27.7 Å². The molecule has 0 bridgehead atoms. The monoisotopic (exact) mass is 283 g/mol. The number of hydrogen-bond donors (Lipinski definition) is 0. The summed E-state index contributed by atoms with van der Waals surface area (Å²) in [6.45, 7) is 0. The number of benzene rings is 1. The first-order valence-corrected chi connectivity index (χ1v) is 6.02. The fourth-order valence-corrected chi connectivity index (χ4v) is 2.76. The lowest BCUT2D eigenvalue weighted by Crippen LogP contribution is -2.13. The van der Waals surface area contributed by atoms with Crippen LogP contribution in [0.25, 0.3) is 0 Å². The first-order chi connectivity index (χ1) is 7.76. The van der Waals surface area contributed by atoms with Crippen LogP contribution in [-0.2, 0) is 11.3 Å². The van der Waals surface area contributed by atoms with Gasteiger partial charge in [0.1, 0.15) is 12.9 Å². The van der Waals surface area contributed by atoms with E-state index in [0.29, 0.717) is 0 Å². The fraction of sp³-hybridized carbons (Fsp3) is 0.417. The van der Waals surface area contributed by atoms with Crippen LogP contribution in [0.2, 0.25) is 0 Å². The molecule has 0 unspecified atom stereocenters. The van der Waals surface area contributed by atoms with Gasteiger partial charge in [-0.15, -0.1) is 0 Å². The molecule has 0 spiro atoms. The summed E-state index contributed by atoms with van der Waals surface area (Å²) in [5.41, 5.74) is 3.44. The van der Waals surface area contributed by atoms with Gasteiger partial charge in [-0.05, 0) is 52.9 Å². The van der Waals surface area contributed by atoms with Gasteiger partial charge >= 0.3 is 0 Å². The van der Waals surface area contributed by atoms with E-state index in [9.17, 15) is 0 Å². The molecule has 0 radical (unpaired) electrons. The highest BCUT2D eigenvalue weighted by atomic mass is 79.9. The molecule has 16 heavy (non-hydrogen) atoms. The van der Waals surface area contributed by atoms with Gasteiger partial charge in [0.2, 0.25) is 0 Å². The Bertz CT molecular complexity index is 429. The van der Waals surface area contributed by atoms with Crippen LogP contribution in [0, 0.1) is 0 Å². The highest BCUT2D eigenvalue weighted by molar-refractivity contribution is 9.10. The molecular weight excluding hydrogens is 270 g/mol. The molecule has 0 N–H and O–H groups in total. The third-order valence-corrected chi connectivity index (χ3v) is 3.36. The number of halogens is 1. The summed E-state index contributed by atoms with van der Waals surface area (Å²) in [5, 5.41) is 4.09. The molecular formula is C12H14BrNO2. The van der Waals surface area contributed by atoms with Gasteiger partial charge in [-0.2, -0.15) is 0 Å². The number of nitrogens with zero attached hydrogens (tertiary/aromatic N) is 1. The summed E-state index contributed by atoms with van der Waals surface area (Å²) in [7, 11) is 3.26. The lowest BCUT2D eigenvalue weighted by molar-refractivity contribution is 0.212. The van der Waals surface area contributed by atoms with E-state index in [0.717, 1.165) is 40.8 Å². The van der Waals surface area contributed by atoms with E-state index in [1.165, 1.54) is 5.56 Å². The van der Waals surface area contributed by atoms with Crippen molar-refractivity contribution < 1.29 is 9.57 Å². The first-order valence-electron chi connectivity index (χ1n) is 5.23. The first kappa shape index (κ1) is 11.5. The van der Waals surface area contributed by atoms with Gasteiger partial charge in [-0.25, -0.2) is 0 Å². The second-order valence-electron chi connectivity index (χ2n) is 3.72. The van der Waals surface area contributed by atoms with Crippen LogP contribution in [0.3, 0.4) is 0 Å². The van der Waals surface area contributed by atoms with E-state index in [4.69, 9.17) is 9.57 Å². The smallest absolute Gasteiger partial charge is 0.120 e. The minimum atomic E-state index is 0.879. The van der Waals surface area contributed by atoms with Crippen LogP contribution < -0.4 is 4.74 Å². The van der Waals surface area contributed by atoms with Crippen molar-refractivity contribution in [2.45, 2.75) is 19.3 Å². The minimum Gasteiger partial charge on any atom is -0.497 e. The van der Waals surface area contributed by atoms with Crippen molar-refractivity contribution in [2.24, 2.45) is 5.16 Å². The summed E-state index contributed by atoms with van der Waals surface area (Å²) in [6.07, 6.45) is 3.13. The van der Waals surface area contributed by atoms with E-state index in [1.807, 2.05) is 6.07 Å². The van der Waals surface area contributed by atoms with E-state index in [-0.39, 0.29) is 0 Å². The molecule has 0 atom stereocenters. The maximum atomic E-state index is 5.26. The number of methoxy groups -OCH3 is 1. The Morgan fingerprint density at radius 3 is 2.75 bits per heavy atom. The molecule has 0 fully saturated rings. The fourth-order valence-electron chi connectivity index (χ4n) is 2.05. The average molecular weight is 284 g/mol. The Morgan fingerprint density at radius 1 is 1.25 bits per heavy atom. The van der Waals surface area contributed by atoms with Crippen LogP contribution in [0.1, 0.15) is 24.0 Å². The summed E-state index contributed by atoms with van der Waals surface area (Å²) in [6, 6.07) is 4.04. The quantitative estimate of drug-likeness (QED) is 0.781. The molecule has 3 nitrogen and oxygen atoms in total. The number of ether oxygens (including phenoxy) is 1. The predicted octanol–water partition coefficient (Wildman–Crippen LogP) is 3.14. The maximum absolute atomic E-state index is 5.26. The second-order valence-corrected chi connectivity index (χ2v) is 4.57. The number of rotatable bonds is 2. The molecule has 0 aromatic heterocycles. The Kier molecular flexibility index (Phi) is 3.49. The van der Waals surface area contributed by atoms with Gasteiger partial charge in [-0.3, -0.25) is 0 Å². The van der Waals surface area contributed by atoms with Gasteiger partial charge < -0.3 is 9.57 Å². The van der Waals surface area contributed by atoms with Gasteiger partial charge in [0, 0.05) is 10.0 Å². The Balaban J connectivity index is 2.52. The molecule has 86 valence electrons. The highest BCUT2D eigenvalue weighted by Crippen LogP contribution is 2.32. The largest absolute Gasteiger partial charge is 0.497 e. The van der Waals surface area contributed by atoms with Crippen LogP contribution >= 0.6 is 15.9 Å². The van der Waals surface area contributed by atoms with Crippen LogP contribution in [0.15, 0.2) is 21.8 Å². The van der Waals surface area contributed by atoms with Crippen LogP contribution in [0.5, 0.6) is 5.75 Å². The summed E-state index contributed by atoms with van der Waals surface area (Å²) in [5.74, 6) is 0.879. The summed E-state index contributed by atoms with van der Waals surface area (Å²) >= 11 is 3.57. The molecule has 1 aliphatic rings. The molecule has 0 amide bonds. The molecule has 0 aliphatic heterocycles. The molecule has 1 aromatic rings. The molecule has 0 saturated heterocycles. The Morgan fingerprint density at radius 2 is 2.06 bits per heavy atom. The molecule has 4 heteroatoms. The van der Waals surface area contributed by atoms with Crippen molar-refractivity contribution >= 4 is 21.6 Å². The van der Waals surface area contributed by atoms with Gasteiger partial charge in [0.15, 0.2) is 0 Å². The third-order valence-electron chi connectivity index (χ3n) is 2.73. The lowest BCUT2D eigenvalue weighted by atomic mass is 9.90. The number of hydrogen-bond acceptors (Lipinski definition) is 3. The van der Waals surface area contributed by atoms with Gasteiger partial charge in [0.05, 0.1) is 12.8 Å². The highest BCUT2D eigenvalue weighted by Gasteiger charge is 2.20. The van der Waals surface area contributed by atoms with E-state index in [1.54, 1.807) is 14.2 Å². The zero-order valence-corrected chi connectivity index (χ0v) is 11.0. The lowest BCUT2D eigenvalue weighted by Gasteiger charge is -2.19. The van der Waals surface area contributed by atoms with Crippen LogP contribution in [0.4, 0.5) is 0 Å². The normalized spacial score (nSPS) is 17.1. The SMILES string of the molecule is CO/N=C1\CCCc2cc(OC)cc(Br)c21. The Labute approximate surface area is 104 Å². The van der Waals surface area contributed by atoms with E-state index in [2.05, 4.69) is 27.2 Å². The van der Waals surface area contributed by atoms with Gasteiger partial charge in [0.25, 0.3) is 0 Å². The topological polar surface area (TPSA) is 30.8 Å². The van der Waals surface area contributed by atoms with Crippen molar-refractivity contribution in [1.82, 2.24) is 0 Å². The van der Waals surface area contributed by atoms with Crippen molar-refractivity contribution in [3.8, 4) is 5.75 Å². The maximum Gasteiger partial charge on any atom is 0.120 e. The van der Waals surface area contributed by atoms with Gasteiger partial charge in [-0.1, -0.05) is 5.16 Å². The Hall–Kier alpha value is -1.03. The average Bonchev–Trinajstić information content (AvgIpc) is 2.29. The third kappa shape index (κ3) is 2.07. The standard InChI is InChI=1S/C12H14BrNO2/c1-15-9-6-8-4-3-5-11(14-16-2)12(8)10(13)7-9/h6-7H,3-5H2,1-2H3/b14-11+.